The van der Waals surface area contributed by atoms with E-state index in [0.29, 0.717) is 11.9 Å². The lowest BCUT2D eigenvalue weighted by molar-refractivity contribution is 0.308. The molecule has 1 aliphatic heterocycles. The van der Waals surface area contributed by atoms with Gasteiger partial charge in [-0.3, -0.25) is 10.1 Å². The molecule has 5 heteroatoms. The number of aliphatic imine (C=N–C) groups is 1. The van der Waals surface area contributed by atoms with Crippen molar-refractivity contribution in [3.63, 3.8) is 0 Å². The first-order valence-corrected chi connectivity index (χ1v) is 6.08. The summed E-state index contributed by atoms with van der Waals surface area (Å²) in [5.41, 5.74) is 9.38. The summed E-state index contributed by atoms with van der Waals surface area (Å²) in [7, 11) is 0. The molecular formula is C12H21N5. The summed E-state index contributed by atoms with van der Waals surface area (Å²) in [6.45, 7) is 10.1. The summed E-state index contributed by atoms with van der Waals surface area (Å²) in [5, 5.41) is 7.29. The molecule has 0 spiro atoms. The first-order valence-electron chi connectivity index (χ1n) is 6.08. The molecule has 0 aliphatic carbocycles. The van der Waals surface area contributed by atoms with Crippen molar-refractivity contribution in [1.82, 2.24) is 15.1 Å². The van der Waals surface area contributed by atoms with Crippen LogP contribution in [0.4, 0.5) is 0 Å². The molecule has 0 saturated carbocycles. The molecule has 0 saturated heterocycles. The highest BCUT2D eigenvalue weighted by Crippen LogP contribution is 2.29. The van der Waals surface area contributed by atoms with Crippen molar-refractivity contribution in [1.29, 1.82) is 0 Å². The minimum atomic E-state index is 0.246. The van der Waals surface area contributed by atoms with Crippen LogP contribution in [-0.4, -0.2) is 34.1 Å². The van der Waals surface area contributed by atoms with Gasteiger partial charge in [0.1, 0.15) is 0 Å². The van der Waals surface area contributed by atoms with Crippen molar-refractivity contribution in [3.8, 4) is 0 Å². The van der Waals surface area contributed by atoms with Crippen molar-refractivity contribution in [2.24, 2.45) is 16.6 Å². The molecule has 0 amide bonds. The number of aromatic nitrogens is 2. The van der Waals surface area contributed by atoms with E-state index in [-0.39, 0.29) is 6.04 Å². The first-order chi connectivity index (χ1) is 8.00. The van der Waals surface area contributed by atoms with E-state index in [1.54, 1.807) is 0 Å². The lowest BCUT2D eigenvalue weighted by Crippen LogP contribution is -2.38. The summed E-state index contributed by atoms with van der Waals surface area (Å²) in [4.78, 5) is 6.56. The van der Waals surface area contributed by atoms with Crippen LogP contribution in [0.3, 0.4) is 0 Å². The van der Waals surface area contributed by atoms with Crippen LogP contribution >= 0.6 is 0 Å². The number of nitrogens with two attached hydrogens (primary N) is 1. The Morgan fingerprint density at radius 1 is 1.47 bits per heavy atom. The molecule has 1 aromatic heterocycles. The number of H-pyrrole nitrogens is 1. The van der Waals surface area contributed by atoms with Gasteiger partial charge < -0.3 is 10.6 Å². The quantitative estimate of drug-likeness (QED) is 0.831. The van der Waals surface area contributed by atoms with Gasteiger partial charge in [-0.2, -0.15) is 5.10 Å². The van der Waals surface area contributed by atoms with Crippen LogP contribution in [-0.2, 0) is 0 Å². The Kier molecular flexibility index (Phi) is 3.09. The van der Waals surface area contributed by atoms with Crippen molar-refractivity contribution in [2.45, 2.75) is 33.7 Å². The monoisotopic (exact) mass is 235 g/mol. The molecule has 0 fully saturated rings. The second-order valence-electron chi connectivity index (χ2n) is 5.11. The summed E-state index contributed by atoms with van der Waals surface area (Å²) in [6, 6.07) is 0.246. The average Bonchev–Trinajstić information content (AvgIpc) is 2.73. The first kappa shape index (κ1) is 12.0. The van der Waals surface area contributed by atoms with Crippen molar-refractivity contribution in [2.75, 3.05) is 13.1 Å². The minimum absolute atomic E-state index is 0.246. The van der Waals surface area contributed by atoms with E-state index in [2.05, 4.69) is 40.9 Å². The number of hydrogen-bond acceptors (Lipinski definition) is 4. The number of nitrogens with one attached hydrogen (secondary N) is 1. The molecule has 2 heterocycles. The Bertz CT molecular complexity index is 413. The van der Waals surface area contributed by atoms with Crippen molar-refractivity contribution >= 4 is 5.96 Å². The van der Waals surface area contributed by atoms with Gasteiger partial charge in [0.05, 0.1) is 18.3 Å². The molecule has 0 radical (unpaired) electrons. The lowest BCUT2D eigenvalue weighted by atomic mass is 10.0. The normalized spacial score (nSPS) is 20.2. The van der Waals surface area contributed by atoms with E-state index in [9.17, 15) is 0 Å². The number of nitrogens with zero attached hydrogens (tertiary/aromatic N) is 3. The molecular weight excluding hydrogens is 214 g/mol. The lowest BCUT2D eigenvalue weighted by Gasteiger charge is -2.28. The highest BCUT2D eigenvalue weighted by molar-refractivity contribution is 5.80. The van der Waals surface area contributed by atoms with Gasteiger partial charge in [0.15, 0.2) is 5.96 Å². The zero-order chi connectivity index (χ0) is 12.6. The molecule has 17 heavy (non-hydrogen) atoms. The van der Waals surface area contributed by atoms with Crippen LogP contribution in [0.5, 0.6) is 0 Å². The number of aryl methyl sites for hydroxylation is 2. The highest BCUT2D eigenvalue weighted by atomic mass is 15.3. The van der Waals surface area contributed by atoms with Gasteiger partial charge in [0.2, 0.25) is 0 Å². The van der Waals surface area contributed by atoms with Crippen LogP contribution in [0.1, 0.15) is 36.8 Å². The maximum atomic E-state index is 5.97. The van der Waals surface area contributed by atoms with Gasteiger partial charge in [-0.15, -0.1) is 0 Å². The second kappa shape index (κ2) is 4.39. The molecule has 1 atom stereocenters. The fourth-order valence-electron chi connectivity index (χ4n) is 2.44. The van der Waals surface area contributed by atoms with Gasteiger partial charge in [-0.05, 0) is 19.8 Å². The third kappa shape index (κ3) is 2.14. The minimum Gasteiger partial charge on any atom is -0.370 e. The van der Waals surface area contributed by atoms with Crippen LogP contribution in [0.15, 0.2) is 4.99 Å². The Morgan fingerprint density at radius 3 is 2.71 bits per heavy atom. The van der Waals surface area contributed by atoms with Crippen LogP contribution in [0, 0.1) is 19.8 Å². The van der Waals surface area contributed by atoms with Gasteiger partial charge in [-0.1, -0.05) is 13.8 Å². The topological polar surface area (TPSA) is 70.3 Å². The zero-order valence-corrected chi connectivity index (χ0v) is 11.0. The number of guanidine groups is 1. The van der Waals surface area contributed by atoms with Crippen molar-refractivity contribution < 1.29 is 0 Å². The smallest absolute Gasteiger partial charge is 0.191 e. The van der Waals surface area contributed by atoms with Gasteiger partial charge >= 0.3 is 0 Å². The van der Waals surface area contributed by atoms with Gasteiger partial charge in [0, 0.05) is 17.8 Å². The number of hydrogen-bond donors (Lipinski definition) is 2. The second-order valence-corrected chi connectivity index (χ2v) is 5.11. The molecule has 94 valence electrons. The molecule has 5 nitrogen and oxygen atoms in total. The maximum Gasteiger partial charge on any atom is 0.191 e. The standard InChI is InChI=1S/C12H21N5/c1-7(2)6-17-10(5-14-12(17)13)11-8(3)15-16-9(11)4/h7,10H,5-6H2,1-4H3,(H2,13,14)(H,15,16). The van der Waals surface area contributed by atoms with Crippen LogP contribution in [0.25, 0.3) is 0 Å². The Balaban J connectivity index is 2.27. The SMILES string of the molecule is Cc1n[nH]c(C)c1C1CN=C(N)N1CC(C)C. The Morgan fingerprint density at radius 2 is 2.18 bits per heavy atom. The molecule has 3 N–H and O–H groups in total. The summed E-state index contributed by atoms with van der Waals surface area (Å²) in [6.07, 6.45) is 0. The summed E-state index contributed by atoms with van der Waals surface area (Å²) < 4.78 is 0. The van der Waals surface area contributed by atoms with E-state index in [0.717, 1.165) is 24.5 Å². The highest BCUT2D eigenvalue weighted by Gasteiger charge is 2.31. The van der Waals surface area contributed by atoms with E-state index in [1.807, 2.05) is 6.92 Å². The fraction of sp³-hybridized carbons (Fsp3) is 0.667. The number of rotatable bonds is 3. The molecule has 0 aromatic carbocycles. The molecule has 1 aliphatic rings. The average molecular weight is 235 g/mol. The molecule has 2 rings (SSSR count). The zero-order valence-electron chi connectivity index (χ0n) is 11.0. The van der Waals surface area contributed by atoms with Gasteiger partial charge in [-0.25, -0.2) is 0 Å². The van der Waals surface area contributed by atoms with E-state index in [4.69, 9.17) is 5.73 Å². The summed E-state index contributed by atoms with van der Waals surface area (Å²) >= 11 is 0. The maximum absolute atomic E-state index is 5.97. The largest absolute Gasteiger partial charge is 0.370 e. The molecule has 1 aromatic rings. The van der Waals surface area contributed by atoms with Gasteiger partial charge in [0.25, 0.3) is 0 Å². The fourth-order valence-corrected chi connectivity index (χ4v) is 2.44. The number of aromatic amines is 1. The summed E-state index contributed by atoms with van der Waals surface area (Å²) in [5.74, 6) is 1.22. The Labute approximate surface area is 102 Å². The van der Waals surface area contributed by atoms with E-state index >= 15 is 0 Å². The van der Waals surface area contributed by atoms with Crippen LogP contribution in [0.2, 0.25) is 0 Å². The molecule has 1 unspecified atom stereocenters. The van der Waals surface area contributed by atoms with E-state index in [1.165, 1.54) is 5.56 Å². The molecule has 0 bridgehead atoms. The predicted octanol–water partition coefficient (Wildman–Crippen LogP) is 1.35. The van der Waals surface area contributed by atoms with E-state index < -0.39 is 0 Å². The Hall–Kier alpha value is -1.52. The predicted molar refractivity (Wildman–Crippen MR) is 68.8 cm³/mol. The third-order valence-electron chi connectivity index (χ3n) is 3.18. The van der Waals surface area contributed by atoms with Crippen molar-refractivity contribution in [3.05, 3.63) is 17.0 Å². The third-order valence-corrected chi connectivity index (χ3v) is 3.18. The van der Waals surface area contributed by atoms with Crippen LogP contribution < -0.4 is 5.73 Å².